The number of carbonyl (C=O) groups excluding carboxylic acids is 1. The summed E-state index contributed by atoms with van der Waals surface area (Å²) in [6.45, 7) is 5.57. The maximum Gasteiger partial charge on any atom is 0.297 e. The van der Waals surface area contributed by atoms with Crippen molar-refractivity contribution in [3.63, 3.8) is 0 Å². The molecule has 4 nitrogen and oxygen atoms in total. The minimum Gasteiger partial charge on any atom is -0.289 e. The number of hydrogen-bond donors (Lipinski definition) is 0. The zero-order valence-corrected chi connectivity index (χ0v) is 18.5. The van der Waals surface area contributed by atoms with Crippen molar-refractivity contribution in [1.82, 2.24) is 0 Å². The van der Waals surface area contributed by atoms with Gasteiger partial charge in [-0.15, -0.1) is 11.8 Å². The van der Waals surface area contributed by atoms with E-state index < -0.39 is 15.9 Å². The molecule has 0 aliphatic carbocycles. The molecule has 0 saturated heterocycles. The Balaban J connectivity index is 2.57. The molecule has 2 aromatic rings. The molecule has 0 aliphatic rings. The van der Waals surface area contributed by atoms with Crippen molar-refractivity contribution in [3.05, 3.63) is 57.6 Å². The zero-order valence-electron chi connectivity index (χ0n) is 15.4. The molecule has 0 unspecified atom stereocenters. The van der Waals surface area contributed by atoms with Crippen LogP contribution in [0.1, 0.15) is 36.7 Å². The summed E-state index contributed by atoms with van der Waals surface area (Å²) in [5.74, 6) is -0.534. The average molecular weight is 447 g/mol. The minimum atomic E-state index is -4.14. The third-order valence-corrected chi connectivity index (χ3v) is 6.12. The molecule has 146 valence electrons. The van der Waals surface area contributed by atoms with Crippen LogP contribution in [0.3, 0.4) is 0 Å². The van der Waals surface area contributed by atoms with Crippen LogP contribution >= 0.6 is 35.0 Å². The fourth-order valence-corrected chi connectivity index (χ4v) is 4.39. The van der Waals surface area contributed by atoms with E-state index in [0.717, 1.165) is 0 Å². The first-order chi connectivity index (χ1) is 12.4. The number of thioether (sulfide) groups is 1. The van der Waals surface area contributed by atoms with Gasteiger partial charge in [-0.3, -0.25) is 8.98 Å². The van der Waals surface area contributed by atoms with Crippen molar-refractivity contribution in [2.45, 2.75) is 30.6 Å². The molecule has 0 fully saturated rings. The first-order valence-corrected chi connectivity index (χ1v) is 11.4. The number of hydrogen-bond acceptors (Lipinski definition) is 5. The molecule has 0 spiro atoms. The van der Waals surface area contributed by atoms with Gasteiger partial charge in [0.2, 0.25) is 0 Å². The normalized spacial score (nSPS) is 12.2. The van der Waals surface area contributed by atoms with Crippen molar-refractivity contribution in [2.75, 3.05) is 12.9 Å². The lowest BCUT2D eigenvalue weighted by Gasteiger charge is -2.19. The molecule has 0 bridgehead atoms. The Morgan fingerprint density at radius 3 is 2.33 bits per heavy atom. The SMILES string of the molecule is CSc1ccc(C(=O)c2cc(Cl)ccc2Cl)c(S(=O)(=O)OCC(C)(C)C)c1. The molecule has 0 amide bonds. The van der Waals surface area contributed by atoms with Crippen LogP contribution in [0.5, 0.6) is 0 Å². The van der Waals surface area contributed by atoms with Gasteiger partial charge >= 0.3 is 0 Å². The summed E-state index contributed by atoms with van der Waals surface area (Å²) in [7, 11) is -4.14. The number of halogens is 2. The zero-order chi connectivity index (χ0) is 20.4. The Bertz CT molecular complexity index is 964. The van der Waals surface area contributed by atoms with Gasteiger partial charge in [-0.05, 0) is 48.1 Å². The number of rotatable bonds is 6. The highest BCUT2D eigenvalue weighted by Crippen LogP contribution is 2.30. The lowest BCUT2D eigenvalue weighted by Crippen LogP contribution is -2.20. The average Bonchev–Trinajstić information content (AvgIpc) is 2.60. The van der Waals surface area contributed by atoms with Gasteiger partial charge in [-0.2, -0.15) is 8.42 Å². The van der Waals surface area contributed by atoms with Gasteiger partial charge in [0, 0.05) is 21.0 Å². The summed E-state index contributed by atoms with van der Waals surface area (Å²) in [6.07, 6.45) is 1.82. The summed E-state index contributed by atoms with van der Waals surface area (Å²) in [4.78, 5) is 13.5. The van der Waals surface area contributed by atoms with Crippen molar-refractivity contribution < 1.29 is 17.4 Å². The molecular formula is C19H20Cl2O4S2. The van der Waals surface area contributed by atoms with Gasteiger partial charge in [0.05, 0.1) is 11.6 Å². The van der Waals surface area contributed by atoms with Crippen molar-refractivity contribution in [2.24, 2.45) is 5.41 Å². The van der Waals surface area contributed by atoms with Crippen LogP contribution < -0.4 is 0 Å². The predicted octanol–water partition coefficient (Wildman–Crippen LogP) is 5.70. The number of carbonyl (C=O) groups is 1. The Labute approximate surface area is 174 Å². The van der Waals surface area contributed by atoms with Crippen molar-refractivity contribution in [3.8, 4) is 0 Å². The Morgan fingerprint density at radius 1 is 1.07 bits per heavy atom. The fourth-order valence-electron chi connectivity index (χ4n) is 2.16. The molecule has 0 N–H and O–H groups in total. The second-order valence-corrected chi connectivity index (χ2v) is 10.4. The number of benzene rings is 2. The highest BCUT2D eigenvalue weighted by molar-refractivity contribution is 7.98. The summed E-state index contributed by atoms with van der Waals surface area (Å²) in [6, 6.07) is 9.06. The van der Waals surface area contributed by atoms with E-state index in [9.17, 15) is 13.2 Å². The van der Waals surface area contributed by atoms with Gasteiger partial charge in [0.1, 0.15) is 4.90 Å². The minimum absolute atomic E-state index is 0.00845. The van der Waals surface area contributed by atoms with Crippen LogP contribution in [-0.2, 0) is 14.3 Å². The summed E-state index contributed by atoms with van der Waals surface area (Å²) < 4.78 is 30.8. The molecule has 0 saturated carbocycles. The maximum atomic E-state index is 13.0. The highest BCUT2D eigenvalue weighted by atomic mass is 35.5. The molecule has 2 rings (SSSR count). The van der Waals surface area contributed by atoms with E-state index in [1.54, 1.807) is 12.1 Å². The topological polar surface area (TPSA) is 60.4 Å². The van der Waals surface area contributed by atoms with Gasteiger partial charge in [0.25, 0.3) is 10.1 Å². The molecule has 8 heteroatoms. The monoisotopic (exact) mass is 446 g/mol. The lowest BCUT2D eigenvalue weighted by molar-refractivity contribution is 0.103. The van der Waals surface area contributed by atoms with Crippen molar-refractivity contribution >= 4 is 50.9 Å². The summed E-state index contributed by atoms with van der Waals surface area (Å²) in [5.41, 5.74) is -0.232. The van der Waals surface area contributed by atoms with E-state index in [1.807, 2.05) is 27.0 Å². The largest absolute Gasteiger partial charge is 0.297 e. The molecule has 27 heavy (non-hydrogen) atoms. The molecule has 2 aromatic carbocycles. The lowest BCUT2D eigenvalue weighted by atomic mass is 9.99. The maximum absolute atomic E-state index is 13.0. The quantitative estimate of drug-likeness (QED) is 0.323. The third-order valence-electron chi connectivity index (χ3n) is 3.52. The molecule has 0 heterocycles. The molecule has 0 aromatic heterocycles. The Morgan fingerprint density at radius 2 is 1.74 bits per heavy atom. The van der Waals surface area contributed by atoms with E-state index >= 15 is 0 Å². The van der Waals surface area contributed by atoms with E-state index in [0.29, 0.717) is 9.92 Å². The predicted molar refractivity (Wildman–Crippen MR) is 111 cm³/mol. The van der Waals surface area contributed by atoms with E-state index in [4.69, 9.17) is 27.4 Å². The molecule has 0 aliphatic heterocycles. The van der Waals surface area contributed by atoms with Gasteiger partial charge in [-0.1, -0.05) is 44.0 Å². The van der Waals surface area contributed by atoms with Crippen LogP contribution in [-0.4, -0.2) is 27.1 Å². The summed E-state index contributed by atoms with van der Waals surface area (Å²) >= 11 is 13.5. The third kappa shape index (κ3) is 5.72. The molecule has 0 radical (unpaired) electrons. The molecular weight excluding hydrogens is 427 g/mol. The van der Waals surface area contributed by atoms with Gasteiger partial charge in [0.15, 0.2) is 5.78 Å². The second kappa shape index (κ2) is 8.53. The Hall–Kier alpha value is -1.05. The first kappa shape index (κ1) is 22.2. The standard InChI is InChI=1S/C19H20Cl2O4S2/c1-19(2,3)11-25-27(23,24)17-10-13(26-4)6-7-14(17)18(22)15-9-12(20)5-8-16(15)21/h5-10H,11H2,1-4H3. The van der Waals surface area contributed by atoms with Crippen molar-refractivity contribution in [1.29, 1.82) is 0 Å². The van der Waals surface area contributed by atoms with Gasteiger partial charge in [-0.25, -0.2) is 0 Å². The van der Waals surface area contributed by atoms with Gasteiger partial charge < -0.3 is 0 Å². The van der Waals surface area contributed by atoms with Crippen LogP contribution in [0.25, 0.3) is 0 Å². The van der Waals surface area contributed by atoms with E-state index in [2.05, 4.69) is 0 Å². The van der Waals surface area contributed by atoms with Crippen LogP contribution in [0.2, 0.25) is 10.0 Å². The second-order valence-electron chi connectivity index (χ2n) is 7.09. The van der Waals surface area contributed by atoms with Crippen LogP contribution in [0, 0.1) is 5.41 Å². The van der Waals surface area contributed by atoms with E-state index in [-0.39, 0.29) is 33.1 Å². The first-order valence-electron chi connectivity index (χ1n) is 8.02. The molecule has 0 atom stereocenters. The smallest absolute Gasteiger partial charge is 0.289 e. The highest BCUT2D eigenvalue weighted by Gasteiger charge is 2.27. The fraction of sp³-hybridized carbons (Fsp3) is 0.316. The summed E-state index contributed by atoms with van der Waals surface area (Å²) in [5, 5.41) is 0.522. The van der Waals surface area contributed by atoms with Crippen LogP contribution in [0.15, 0.2) is 46.2 Å². The number of ketones is 1. The Kier molecular flexibility index (Phi) is 7.03. The van der Waals surface area contributed by atoms with E-state index in [1.165, 1.54) is 36.0 Å². The van der Waals surface area contributed by atoms with Crippen LogP contribution in [0.4, 0.5) is 0 Å².